The molecule has 0 saturated carbocycles. The van der Waals surface area contributed by atoms with Crippen molar-refractivity contribution in [3.05, 3.63) is 35.4 Å². The summed E-state index contributed by atoms with van der Waals surface area (Å²) in [5.74, 6) is 0.445. The van der Waals surface area contributed by atoms with Crippen molar-refractivity contribution in [1.29, 1.82) is 0 Å². The Morgan fingerprint density at radius 3 is 2.33 bits per heavy atom. The summed E-state index contributed by atoms with van der Waals surface area (Å²) in [5.41, 5.74) is 2.43. The van der Waals surface area contributed by atoms with Crippen molar-refractivity contribution in [3.8, 4) is 0 Å². The highest BCUT2D eigenvalue weighted by atomic mass is 16.2. The Hall–Kier alpha value is -1.88. The maximum absolute atomic E-state index is 13.0. The molecular weight excluding hydrogens is 338 g/mol. The molecule has 1 fully saturated rings. The van der Waals surface area contributed by atoms with Gasteiger partial charge in [0.25, 0.3) is 0 Å². The summed E-state index contributed by atoms with van der Waals surface area (Å²) >= 11 is 0. The zero-order chi connectivity index (χ0) is 19.6. The molecule has 0 aliphatic carbocycles. The van der Waals surface area contributed by atoms with Gasteiger partial charge < -0.3 is 10.2 Å². The first-order chi connectivity index (χ1) is 12.7. The Labute approximate surface area is 163 Å². The first-order valence-electron chi connectivity index (χ1n) is 10.2. The van der Waals surface area contributed by atoms with Crippen LogP contribution in [0.25, 0.3) is 0 Å². The molecule has 0 aromatic heterocycles. The Bertz CT molecular complexity index is 687. The van der Waals surface area contributed by atoms with Crippen molar-refractivity contribution in [3.63, 3.8) is 0 Å². The van der Waals surface area contributed by atoms with Crippen LogP contribution in [0.3, 0.4) is 0 Å². The van der Waals surface area contributed by atoms with Crippen molar-refractivity contribution in [2.75, 3.05) is 19.6 Å². The number of amides is 2. The number of piperidine rings is 1. The fourth-order valence-corrected chi connectivity index (χ4v) is 4.12. The number of nitrogens with zero attached hydrogens (tertiary/aromatic N) is 2. The van der Waals surface area contributed by atoms with E-state index in [0.29, 0.717) is 0 Å². The number of benzene rings is 1. The van der Waals surface area contributed by atoms with E-state index in [0.717, 1.165) is 45.4 Å². The van der Waals surface area contributed by atoms with Crippen LogP contribution in [0.15, 0.2) is 24.3 Å². The average Bonchev–Trinajstić information content (AvgIpc) is 2.65. The minimum atomic E-state index is -0.218. The summed E-state index contributed by atoms with van der Waals surface area (Å²) in [6, 6.07) is 8.27. The third kappa shape index (κ3) is 4.89. The standard InChI is InChI=1S/C22H33N3O2/c1-16(20(26)23-22(2,3)4)24-12-10-18(11-13-24)21(27)25-14-9-17-7-5-6-8-19(17)15-25/h5-8,16,18H,9-15H2,1-4H3,(H,23,26)/t16-/m1/s1. The van der Waals surface area contributed by atoms with Crippen LogP contribution in [0.4, 0.5) is 0 Å². The van der Waals surface area contributed by atoms with Crippen LogP contribution in [0, 0.1) is 5.92 Å². The molecule has 0 radical (unpaired) electrons. The molecule has 27 heavy (non-hydrogen) atoms. The van der Waals surface area contributed by atoms with E-state index >= 15 is 0 Å². The van der Waals surface area contributed by atoms with Gasteiger partial charge in [0.15, 0.2) is 0 Å². The maximum atomic E-state index is 13.0. The minimum Gasteiger partial charge on any atom is -0.350 e. The second-order valence-electron chi connectivity index (χ2n) is 9.00. The number of nitrogens with one attached hydrogen (secondary N) is 1. The number of fused-ring (bicyclic) bond motifs is 1. The molecule has 148 valence electrons. The molecule has 2 heterocycles. The van der Waals surface area contributed by atoms with E-state index < -0.39 is 0 Å². The van der Waals surface area contributed by atoms with Gasteiger partial charge in [-0.2, -0.15) is 0 Å². The first kappa shape index (κ1) is 19.9. The molecule has 2 aliphatic rings. The average molecular weight is 372 g/mol. The van der Waals surface area contributed by atoms with E-state index in [1.54, 1.807) is 0 Å². The lowest BCUT2D eigenvalue weighted by atomic mass is 9.92. The van der Waals surface area contributed by atoms with Gasteiger partial charge in [0.1, 0.15) is 0 Å². The van der Waals surface area contributed by atoms with Gasteiger partial charge in [-0.05, 0) is 71.2 Å². The van der Waals surface area contributed by atoms with Crippen molar-refractivity contribution in [2.24, 2.45) is 5.92 Å². The first-order valence-corrected chi connectivity index (χ1v) is 10.2. The lowest BCUT2D eigenvalue weighted by Gasteiger charge is -2.38. The number of likely N-dealkylation sites (tertiary alicyclic amines) is 1. The third-order valence-electron chi connectivity index (χ3n) is 5.75. The summed E-state index contributed by atoms with van der Waals surface area (Å²) in [6.45, 7) is 11.1. The molecule has 1 saturated heterocycles. The Balaban J connectivity index is 1.52. The largest absolute Gasteiger partial charge is 0.350 e. The van der Waals surface area contributed by atoms with E-state index in [9.17, 15) is 9.59 Å². The van der Waals surface area contributed by atoms with E-state index in [2.05, 4.69) is 34.5 Å². The van der Waals surface area contributed by atoms with Crippen LogP contribution in [0.5, 0.6) is 0 Å². The van der Waals surface area contributed by atoms with Crippen LogP contribution in [0.2, 0.25) is 0 Å². The summed E-state index contributed by atoms with van der Waals surface area (Å²) < 4.78 is 0. The molecule has 1 aromatic carbocycles. The van der Waals surface area contributed by atoms with Crippen LogP contribution in [0.1, 0.15) is 51.7 Å². The van der Waals surface area contributed by atoms with Gasteiger partial charge >= 0.3 is 0 Å². The number of hydrogen-bond acceptors (Lipinski definition) is 3. The molecule has 2 amide bonds. The number of carbonyl (C=O) groups excluding carboxylic acids is 2. The Morgan fingerprint density at radius 1 is 1.07 bits per heavy atom. The number of carbonyl (C=O) groups is 2. The normalized spacial score (nSPS) is 20.1. The van der Waals surface area contributed by atoms with Gasteiger partial charge in [-0.25, -0.2) is 0 Å². The Kier molecular flexibility index (Phi) is 5.89. The highest BCUT2D eigenvalue weighted by molar-refractivity contribution is 5.82. The fourth-order valence-electron chi connectivity index (χ4n) is 4.12. The van der Waals surface area contributed by atoms with Crippen LogP contribution in [-0.4, -0.2) is 52.8 Å². The predicted molar refractivity (Wildman–Crippen MR) is 107 cm³/mol. The van der Waals surface area contributed by atoms with Crippen molar-refractivity contribution < 1.29 is 9.59 Å². The fraction of sp³-hybridized carbons (Fsp3) is 0.636. The SMILES string of the molecule is C[C@H](C(=O)NC(C)(C)C)N1CCC(C(=O)N2CCc3ccccc3C2)CC1. The van der Waals surface area contributed by atoms with Gasteiger partial charge in [0.05, 0.1) is 6.04 Å². The van der Waals surface area contributed by atoms with E-state index in [1.165, 1.54) is 11.1 Å². The molecule has 1 N–H and O–H groups in total. The topological polar surface area (TPSA) is 52.7 Å². The summed E-state index contributed by atoms with van der Waals surface area (Å²) in [5, 5.41) is 3.06. The molecule has 5 nitrogen and oxygen atoms in total. The predicted octanol–water partition coefficient (Wildman–Crippen LogP) is 2.59. The van der Waals surface area contributed by atoms with Gasteiger partial charge in [-0.15, -0.1) is 0 Å². The van der Waals surface area contributed by atoms with Gasteiger partial charge in [-0.3, -0.25) is 14.5 Å². The van der Waals surface area contributed by atoms with Crippen molar-refractivity contribution >= 4 is 11.8 Å². The van der Waals surface area contributed by atoms with Gasteiger partial charge in [-0.1, -0.05) is 24.3 Å². The number of rotatable bonds is 3. The molecule has 3 rings (SSSR count). The van der Waals surface area contributed by atoms with Gasteiger partial charge in [0.2, 0.25) is 11.8 Å². The molecule has 0 bridgehead atoms. The molecule has 5 heteroatoms. The summed E-state index contributed by atoms with van der Waals surface area (Å²) in [4.78, 5) is 29.6. The van der Waals surface area contributed by atoms with Crippen molar-refractivity contribution in [2.45, 2.75) is 65.1 Å². The minimum absolute atomic E-state index is 0.0694. The molecule has 0 unspecified atom stereocenters. The molecule has 1 aromatic rings. The van der Waals surface area contributed by atoms with E-state index in [-0.39, 0.29) is 29.3 Å². The highest BCUT2D eigenvalue weighted by Gasteiger charge is 2.33. The molecule has 0 spiro atoms. The second-order valence-corrected chi connectivity index (χ2v) is 9.00. The lowest BCUT2D eigenvalue weighted by molar-refractivity contribution is -0.138. The van der Waals surface area contributed by atoms with Gasteiger partial charge in [0, 0.05) is 24.5 Å². The van der Waals surface area contributed by atoms with E-state index in [4.69, 9.17) is 0 Å². The smallest absolute Gasteiger partial charge is 0.237 e. The zero-order valence-electron chi connectivity index (χ0n) is 17.1. The molecular formula is C22H33N3O2. The maximum Gasteiger partial charge on any atom is 0.237 e. The zero-order valence-corrected chi connectivity index (χ0v) is 17.1. The third-order valence-corrected chi connectivity index (χ3v) is 5.75. The Morgan fingerprint density at radius 2 is 1.70 bits per heavy atom. The quantitative estimate of drug-likeness (QED) is 0.889. The van der Waals surface area contributed by atoms with Crippen molar-refractivity contribution in [1.82, 2.24) is 15.1 Å². The summed E-state index contributed by atoms with van der Waals surface area (Å²) in [6.07, 6.45) is 2.62. The lowest BCUT2D eigenvalue weighted by Crippen LogP contribution is -2.53. The van der Waals surface area contributed by atoms with Crippen LogP contribution < -0.4 is 5.32 Å². The molecule has 1 atom stereocenters. The number of hydrogen-bond donors (Lipinski definition) is 1. The summed E-state index contributed by atoms with van der Waals surface area (Å²) in [7, 11) is 0. The monoisotopic (exact) mass is 371 g/mol. The highest BCUT2D eigenvalue weighted by Crippen LogP contribution is 2.25. The molecule has 2 aliphatic heterocycles. The van der Waals surface area contributed by atoms with Crippen LogP contribution >= 0.6 is 0 Å². The van der Waals surface area contributed by atoms with Crippen LogP contribution in [-0.2, 0) is 22.6 Å². The van der Waals surface area contributed by atoms with E-state index in [1.807, 2.05) is 32.6 Å². The second kappa shape index (κ2) is 8.01.